The van der Waals surface area contributed by atoms with Crippen LogP contribution in [0, 0.1) is 0 Å². The van der Waals surface area contributed by atoms with E-state index in [1.165, 1.54) is 10.4 Å². The van der Waals surface area contributed by atoms with Gasteiger partial charge in [-0.3, -0.25) is 5.10 Å². The number of rotatable bonds is 3. The smallest absolute Gasteiger partial charge is 0.172 e. The molecule has 0 spiro atoms. The minimum atomic E-state index is 0.173. The lowest BCUT2D eigenvalue weighted by Crippen LogP contribution is -2.30. The fourth-order valence-corrected chi connectivity index (χ4v) is 3.19. The molecule has 0 bridgehead atoms. The summed E-state index contributed by atoms with van der Waals surface area (Å²) in [6.07, 6.45) is 3.18. The maximum Gasteiger partial charge on any atom is 0.172 e. The van der Waals surface area contributed by atoms with Crippen molar-refractivity contribution >= 4 is 11.3 Å². The Morgan fingerprint density at radius 1 is 1.53 bits per heavy atom. The first-order chi connectivity index (χ1) is 8.38. The Kier molecular flexibility index (Phi) is 2.94. The zero-order valence-corrected chi connectivity index (χ0v) is 10.7. The van der Waals surface area contributed by atoms with Crippen LogP contribution in [-0.2, 0) is 12.8 Å². The molecule has 3 heterocycles. The number of nitrogens with zero attached hydrogens (tertiary/aromatic N) is 2. The molecule has 1 aliphatic rings. The number of H-pyrrole nitrogens is 1. The molecule has 0 fully saturated rings. The Morgan fingerprint density at radius 2 is 2.47 bits per heavy atom. The van der Waals surface area contributed by atoms with Crippen LogP contribution < -0.4 is 5.32 Å². The second-order valence-electron chi connectivity index (χ2n) is 4.33. The summed E-state index contributed by atoms with van der Waals surface area (Å²) in [6.45, 7) is 3.16. The predicted octanol–water partition coefficient (Wildman–Crippen LogP) is 2.05. The average Bonchev–Trinajstić information content (AvgIpc) is 2.96. The van der Waals surface area contributed by atoms with Gasteiger partial charge in [-0.1, -0.05) is 6.92 Å². The van der Waals surface area contributed by atoms with Crippen molar-refractivity contribution in [3.05, 3.63) is 33.5 Å². The molecule has 2 aromatic rings. The quantitative estimate of drug-likeness (QED) is 0.874. The maximum absolute atomic E-state index is 4.58. The molecule has 5 heteroatoms. The molecule has 1 atom stereocenters. The Hall–Kier alpha value is -1.20. The van der Waals surface area contributed by atoms with Crippen LogP contribution in [-0.4, -0.2) is 21.7 Å². The summed E-state index contributed by atoms with van der Waals surface area (Å²) in [5.41, 5.74) is 1.35. The van der Waals surface area contributed by atoms with Gasteiger partial charge in [0.1, 0.15) is 5.82 Å². The van der Waals surface area contributed by atoms with Crippen molar-refractivity contribution in [3.8, 4) is 0 Å². The zero-order chi connectivity index (χ0) is 11.7. The first-order valence-electron chi connectivity index (χ1n) is 6.09. The van der Waals surface area contributed by atoms with E-state index in [4.69, 9.17) is 0 Å². The third-order valence-electron chi connectivity index (χ3n) is 3.09. The number of nitrogens with one attached hydrogen (secondary N) is 2. The molecule has 1 unspecified atom stereocenters. The van der Waals surface area contributed by atoms with Crippen LogP contribution in [0.5, 0.6) is 0 Å². The molecular formula is C12H16N4S. The van der Waals surface area contributed by atoms with Crippen LogP contribution in [0.3, 0.4) is 0 Å². The molecule has 4 nitrogen and oxygen atoms in total. The van der Waals surface area contributed by atoms with Gasteiger partial charge in [0.25, 0.3) is 0 Å². The van der Waals surface area contributed by atoms with Gasteiger partial charge < -0.3 is 5.32 Å². The molecule has 2 aromatic heterocycles. The summed E-state index contributed by atoms with van der Waals surface area (Å²) >= 11 is 1.84. The van der Waals surface area contributed by atoms with Gasteiger partial charge >= 0.3 is 0 Å². The number of hydrogen-bond donors (Lipinski definition) is 2. The average molecular weight is 248 g/mol. The van der Waals surface area contributed by atoms with Gasteiger partial charge in [0.15, 0.2) is 5.82 Å². The molecule has 1 aliphatic heterocycles. The molecule has 17 heavy (non-hydrogen) atoms. The topological polar surface area (TPSA) is 53.6 Å². The summed E-state index contributed by atoms with van der Waals surface area (Å²) in [4.78, 5) is 6.05. The summed E-state index contributed by atoms with van der Waals surface area (Å²) in [7, 11) is 0. The normalized spacial score (nSPS) is 19.2. The van der Waals surface area contributed by atoms with Crippen molar-refractivity contribution in [3.63, 3.8) is 0 Å². The Labute approximate surface area is 104 Å². The standard InChI is InChI=1S/C12H16N4S/c1-2-3-10-14-12(16-15-10)11-8-5-7-17-9(8)4-6-13-11/h5,7,11,13H,2-4,6H2,1H3,(H,14,15,16). The van der Waals surface area contributed by atoms with Crippen LogP contribution in [0.1, 0.15) is 41.5 Å². The molecule has 0 amide bonds. The second-order valence-corrected chi connectivity index (χ2v) is 5.33. The molecule has 90 valence electrons. The summed E-state index contributed by atoms with van der Waals surface area (Å²) in [5.74, 6) is 1.87. The fraction of sp³-hybridized carbons (Fsp3) is 0.500. The van der Waals surface area contributed by atoms with Crippen LogP contribution in [0.4, 0.5) is 0 Å². The van der Waals surface area contributed by atoms with Crippen molar-refractivity contribution in [2.45, 2.75) is 32.2 Å². The van der Waals surface area contributed by atoms with E-state index in [-0.39, 0.29) is 6.04 Å². The Balaban J connectivity index is 1.90. The number of aryl methyl sites for hydroxylation is 1. The summed E-state index contributed by atoms with van der Waals surface area (Å²) in [6, 6.07) is 2.36. The van der Waals surface area contributed by atoms with Gasteiger partial charge in [0, 0.05) is 17.8 Å². The van der Waals surface area contributed by atoms with E-state index in [2.05, 4.69) is 38.9 Å². The SMILES string of the molecule is CCCc1nc(C2NCCc3sccc32)n[nH]1. The van der Waals surface area contributed by atoms with E-state index in [1.807, 2.05) is 11.3 Å². The lowest BCUT2D eigenvalue weighted by molar-refractivity contribution is 0.551. The van der Waals surface area contributed by atoms with Crippen LogP contribution in [0.25, 0.3) is 0 Å². The van der Waals surface area contributed by atoms with Crippen molar-refractivity contribution in [1.82, 2.24) is 20.5 Å². The molecular weight excluding hydrogens is 232 g/mol. The minimum absolute atomic E-state index is 0.173. The van der Waals surface area contributed by atoms with E-state index >= 15 is 0 Å². The molecule has 0 saturated carbocycles. The van der Waals surface area contributed by atoms with Crippen LogP contribution in [0.2, 0.25) is 0 Å². The van der Waals surface area contributed by atoms with Crippen LogP contribution in [0.15, 0.2) is 11.4 Å². The van der Waals surface area contributed by atoms with E-state index in [1.54, 1.807) is 0 Å². The highest BCUT2D eigenvalue weighted by Crippen LogP contribution is 2.30. The van der Waals surface area contributed by atoms with E-state index < -0.39 is 0 Å². The third kappa shape index (κ3) is 2.00. The first-order valence-corrected chi connectivity index (χ1v) is 6.97. The molecule has 0 aromatic carbocycles. The molecule has 0 radical (unpaired) electrons. The molecule has 0 saturated heterocycles. The second kappa shape index (κ2) is 4.58. The van der Waals surface area contributed by atoms with Crippen molar-refractivity contribution in [1.29, 1.82) is 0 Å². The van der Waals surface area contributed by atoms with Gasteiger partial charge in [-0.15, -0.1) is 11.3 Å². The number of hydrogen-bond acceptors (Lipinski definition) is 4. The lowest BCUT2D eigenvalue weighted by atomic mass is 10.0. The maximum atomic E-state index is 4.58. The Bertz CT molecular complexity index is 502. The van der Waals surface area contributed by atoms with Crippen molar-refractivity contribution < 1.29 is 0 Å². The molecule has 3 rings (SSSR count). The number of thiophene rings is 1. The van der Waals surface area contributed by atoms with Gasteiger partial charge in [-0.05, 0) is 29.9 Å². The predicted molar refractivity (Wildman–Crippen MR) is 68.2 cm³/mol. The Morgan fingerprint density at radius 3 is 3.35 bits per heavy atom. The highest BCUT2D eigenvalue weighted by Gasteiger charge is 2.25. The van der Waals surface area contributed by atoms with Crippen molar-refractivity contribution in [2.24, 2.45) is 0 Å². The van der Waals surface area contributed by atoms with Gasteiger partial charge in [-0.25, -0.2) is 4.98 Å². The molecule has 0 aliphatic carbocycles. The van der Waals surface area contributed by atoms with Gasteiger partial charge in [0.2, 0.25) is 0 Å². The van der Waals surface area contributed by atoms with E-state index in [0.717, 1.165) is 37.5 Å². The largest absolute Gasteiger partial charge is 0.303 e. The highest BCUT2D eigenvalue weighted by atomic mass is 32.1. The third-order valence-corrected chi connectivity index (χ3v) is 4.08. The first kappa shape index (κ1) is 10.9. The van der Waals surface area contributed by atoms with Crippen molar-refractivity contribution in [2.75, 3.05) is 6.54 Å². The minimum Gasteiger partial charge on any atom is -0.303 e. The molecule has 2 N–H and O–H groups in total. The monoisotopic (exact) mass is 248 g/mol. The number of aromatic amines is 1. The lowest BCUT2D eigenvalue weighted by Gasteiger charge is -2.21. The number of aromatic nitrogens is 3. The summed E-state index contributed by atoms with van der Waals surface area (Å²) < 4.78 is 0. The van der Waals surface area contributed by atoms with E-state index in [0.29, 0.717) is 0 Å². The van der Waals surface area contributed by atoms with Gasteiger partial charge in [-0.2, -0.15) is 5.10 Å². The van der Waals surface area contributed by atoms with Gasteiger partial charge in [0.05, 0.1) is 6.04 Å². The van der Waals surface area contributed by atoms with E-state index in [9.17, 15) is 0 Å². The van der Waals surface area contributed by atoms with Crippen LogP contribution >= 0.6 is 11.3 Å². The number of fused-ring (bicyclic) bond motifs is 1. The zero-order valence-electron chi connectivity index (χ0n) is 9.86. The highest BCUT2D eigenvalue weighted by molar-refractivity contribution is 7.10. The summed E-state index contributed by atoms with van der Waals surface area (Å²) in [5, 5.41) is 13.0. The fourth-order valence-electron chi connectivity index (χ4n) is 2.27.